The molecular formula is C18H28N2O. The van der Waals surface area contributed by atoms with E-state index in [4.69, 9.17) is 0 Å². The van der Waals surface area contributed by atoms with Gasteiger partial charge in [0.1, 0.15) is 0 Å². The predicted molar refractivity (Wildman–Crippen MR) is 85.4 cm³/mol. The van der Waals surface area contributed by atoms with Crippen molar-refractivity contribution in [3.8, 4) is 0 Å². The monoisotopic (exact) mass is 288 g/mol. The van der Waals surface area contributed by atoms with Gasteiger partial charge in [-0.05, 0) is 50.4 Å². The number of aryl methyl sites for hydroxylation is 1. The normalized spacial score (nSPS) is 25.2. The van der Waals surface area contributed by atoms with Crippen molar-refractivity contribution in [3.63, 3.8) is 0 Å². The summed E-state index contributed by atoms with van der Waals surface area (Å²) >= 11 is 0. The molecule has 0 bridgehead atoms. The van der Waals surface area contributed by atoms with E-state index in [1.165, 1.54) is 18.4 Å². The molecule has 2 atom stereocenters. The van der Waals surface area contributed by atoms with E-state index in [1.807, 2.05) is 12.3 Å². The Kier molecular flexibility index (Phi) is 4.32. The number of hydrogen-bond donors (Lipinski definition) is 1. The van der Waals surface area contributed by atoms with Crippen LogP contribution in [0.1, 0.15) is 63.1 Å². The molecule has 3 rings (SSSR count). The lowest BCUT2D eigenvalue weighted by Crippen LogP contribution is -2.56. The summed E-state index contributed by atoms with van der Waals surface area (Å²) in [5.41, 5.74) is 2.48. The van der Waals surface area contributed by atoms with Crippen LogP contribution >= 0.6 is 0 Å². The van der Waals surface area contributed by atoms with Crippen molar-refractivity contribution in [1.29, 1.82) is 0 Å². The van der Waals surface area contributed by atoms with E-state index >= 15 is 0 Å². The number of fused-ring (bicyclic) bond motifs is 1. The van der Waals surface area contributed by atoms with Gasteiger partial charge in [0.25, 0.3) is 0 Å². The molecule has 0 aromatic carbocycles. The first kappa shape index (κ1) is 15.0. The summed E-state index contributed by atoms with van der Waals surface area (Å²) in [6, 6.07) is 4.19. The molecule has 0 aliphatic heterocycles. The third kappa shape index (κ3) is 2.40. The molecule has 1 aromatic rings. The van der Waals surface area contributed by atoms with Crippen molar-refractivity contribution in [3.05, 3.63) is 29.6 Å². The van der Waals surface area contributed by atoms with Crippen LogP contribution in [0.25, 0.3) is 0 Å². The average molecular weight is 288 g/mol. The number of aromatic nitrogens is 1. The molecule has 21 heavy (non-hydrogen) atoms. The van der Waals surface area contributed by atoms with Gasteiger partial charge in [-0.2, -0.15) is 0 Å². The van der Waals surface area contributed by atoms with Crippen molar-refractivity contribution in [1.82, 2.24) is 9.88 Å². The highest BCUT2D eigenvalue weighted by Gasteiger charge is 2.49. The van der Waals surface area contributed by atoms with Gasteiger partial charge in [0.2, 0.25) is 0 Å². The molecule has 3 heteroatoms. The summed E-state index contributed by atoms with van der Waals surface area (Å²) in [4.78, 5) is 7.10. The maximum absolute atomic E-state index is 11.3. The lowest BCUT2D eigenvalue weighted by atomic mass is 9.79. The zero-order chi connectivity index (χ0) is 14.9. The first-order valence-electron chi connectivity index (χ1n) is 8.60. The van der Waals surface area contributed by atoms with Gasteiger partial charge in [0, 0.05) is 23.3 Å². The first-order valence-corrected chi connectivity index (χ1v) is 8.60. The average Bonchev–Trinajstić information content (AvgIpc) is 3.15. The van der Waals surface area contributed by atoms with E-state index in [0.29, 0.717) is 0 Å². The van der Waals surface area contributed by atoms with E-state index in [2.05, 4.69) is 29.8 Å². The van der Waals surface area contributed by atoms with Crippen molar-refractivity contribution in [2.24, 2.45) is 0 Å². The Hall–Kier alpha value is -0.930. The van der Waals surface area contributed by atoms with E-state index in [0.717, 1.165) is 44.5 Å². The summed E-state index contributed by atoms with van der Waals surface area (Å²) in [5.74, 6) is 0.222. The van der Waals surface area contributed by atoms with E-state index in [9.17, 15) is 5.11 Å². The van der Waals surface area contributed by atoms with E-state index < -0.39 is 0 Å². The molecular weight excluding hydrogens is 260 g/mol. The first-order chi connectivity index (χ1) is 10.2. The fourth-order valence-corrected chi connectivity index (χ4v) is 4.77. The maximum Gasteiger partial charge on any atom is 0.0807 e. The number of aliphatic hydroxyl groups excluding tert-OH is 1. The van der Waals surface area contributed by atoms with E-state index in [-0.39, 0.29) is 17.6 Å². The quantitative estimate of drug-likeness (QED) is 0.904. The summed E-state index contributed by atoms with van der Waals surface area (Å²) < 4.78 is 0. The SMILES string of the molecule is CCN(CC)C1(C(O)C2CCc3cccnc32)CCCC1. The van der Waals surface area contributed by atoms with Gasteiger partial charge in [0.15, 0.2) is 0 Å². The van der Waals surface area contributed by atoms with Crippen LogP contribution in [0.15, 0.2) is 18.3 Å². The molecule has 1 N–H and O–H groups in total. The van der Waals surface area contributed by atoms with Crippen molar-refractivity contribution in [2.75, 3.05) is 13.1 Å². The molecule has 0 spiro atoms. The minimum absolute atomic E-state index is 0.0205. The molecule has 116 valence electrons. The summed E-state index contributed by atoms with van der Waals surface area (Å²) in [6.07, 6.45) is 8.47. The standard InChI is InChI=1S/C18H28N2O/c1-3-20(4-2)18(11-5-6-12-18)17(21)15-10-9-14-8-7-13-19-16(14)15/h7-8,13,15,17,21H,3-6,9-12H2,1-2H3. The largest absolute Gasteiger partial charge is 0.390 e. The summed E-state index contributed by atoms with van der Waals surface area (Å²) in [5, 5.41) is 11.3. The Balaban J connectivity index is 1.91. The van der Waals surface area contributed by atoms with Gasteiger partial charge < -0.3 is 5.11 Å². The Labute approximate surface area is 128 Å². The van der Waals surface area contributed by atoms with Crippen LogP contribution in [0.5, 0.6) is 0 Å². The van der Waals surface area contributed by atoms with Crippen LogP contribution in [0, 0.1) is 0 Å². The third-order valence-electron chi connectivity index (χ3n) is 5.80. The number of pyridine rings is 1. The van der Waals surface area contributed by atoms with Crippen LogP contribution in [-0.2, 0) is 6.42 Å². The van der Waals surface area contributed by atoms with Gasteiger partial charge in [-0.1, -0.05) is 32.8 Å². The second-order valence-electron chi connectivity index (χ2n) is 6.62. The lowest BCUT2D eigenvalue weighted by Gasteiger charge is -2.46. The summed E-state index contributed by atoms with van der Waals surface area (Å²) in [6.45, 7) is 6.49. The van der Waals surface area contributed by atoms with Gasteiger partial charge in [-0.3, -0.25) is 9.88 Å². The number of likely N-dealkylation sites (N-methyl/N-ethyl adjacent to an activating group) is 1. The zero-order valence-electron chi connectivity index (χ0n) is 13.4. The van der Waals surface area contributed by atoms with Crippen LogP contribution in [0.4, 0.5) is 0 Å². The zero-order valence-corrected chi connectivity index (χ0v) is 13.4. The lowest BCUT2D eigenvalue weighted by molar-refractivity contribution is -0.0396. The van der Waals surface area contributed by atoms with Gasteiger partial charge in [0.05, 0.1) is 6.10 Å². The molecule has 3 nitrogen and oxygen atoms in total. The predicted octanol–water partition coefficient (Wildman–Crippen LogP) is 3.13. The van der Waals surface area contributed by atoms with Crippen LogP contribution in [-0.4, -0.2) is 39.7 Å². The molecule has 0 amide bonds. The number of rotatable bonds is 5. The maximum atomic E-state index is 11.3. The number of nitrogens with zero attached hydrogens (tertiary/aromatic N) is 2. The minimum Gasteiger partial charge on any atom is -0.390 e. The Bertz CT molecular complexity index is 478. The van der Waals surface area contributed by atoms with Crippen molar-refractivity contribution >= 4 is 0 Å². The Morgan fingerprint density at radius 1 is 1.33 bits per heavy atom. The number of hydrogen-bond acceptors (Lipinski definition) is 3. The van der Waals surface area contributed by atoms with Crippen molar-refractivity contribution in [2.45, 2.75) is 69.9 Å². The van der Waals surface area contributed by atoms with Gasteiger partial charge in [-0.25, -0.2) is 0 Å². The fraction of sp³-hybridized carbons (Fsp3) is 0.722. The van der Waals surface area contributed by atoms with E-state index in [1.54, 1.807) is 0 Å². The topological polar surface area (TPSA) is 36.4 Å². The molecule has 1 fully saturated rings. The highest BCUT2D eigenvalue weighted by Crippen LogP contribution is 2.46. The van der Waals surface area contributed by atoms with Crippen LogP contribution in [0.3, 0.4) is 0 Å². The second-order valence-corrected chi connectivity index (χ2v) is 6.62. The molecule has 1 saturated carbocycles. The number of aliphatic hydroxyl groups is 1. The highest BCUT2D eigenvalue weighted by atomic mass is 16.3. The highest BCUT2D eigenvalue weighted by molar-refractivity contribution is 5.31. The Morgan fingerprint density at radius 3 is 2.71 bits per heavy atom. The summed E-state index contributed by atoms with van der Waals surface area (Å²) in [7, 11) is 0. The van der Waals surface area contributed by atoms with Crippen LogP contribution < -0.4 is 0 Å². The molecule has 2 unspecified atom stereocenters. The smallest absolute Gasteiger partial charge is 0.0807 e. The minimum atomic E-state index is -0.281. The molecule has 0 saturated heterocycles. The van der Waals surface area contributed by atoms with Crippen molar-refractivity contribution < 1.29 is 5.11 Å². The third-order valence-corrected chi connectivity index (χ3v) is 5.80. The molecule has 2 aliphatic rings. The molecule has 0 radical (unpaired) electrons. The fourth-order valence-electron chi connectivity index (χ4n) is 4.77. The molecule has 1 heterocycles. The van der Waals surface area contributed by atoms with Crippen LogP contribution in [0.2, 0.25) is 0 Å². The Morgan fingerprint density at radius 2 is 2.05 bits per heavy atom. The molecule has 2 aliphatic carbocycles. The second kappa shape index (κ2) is 6.05. The van der Waals surface area contributed by atoms with Gasteiger partial charge in [-0.15, -0.1) is 0 Å². The van der Waals surface area contributed by atoms with Gasteiger partial charge >= 0.3 is 0 Å². The molecule has 1 aromatic heterocycles.